The number of aliphatic hydroxyl groups is 1. The van der Waals surface area contributed by atoms with Crippen LogP contribution in [0.1, 0.15) is 34.1 Å². The maximum absolute atomic E-state index is 11.7. The third kappa shape index (κ3) is 5.74. The average Bonchev–Trinajstić information content (AvgIpc) is 2.21. The fourth-order valence-electron chi connectivity index (χ4n) is 1.29. The molecule has 0 bridgehead atoms. The van der Waals surface area contributed by atoms with Crippen molar-refractivity contribution in [3.05, 3.63) is 0 Å². The van der Waals surface area contributed by atoms with Crippen LogP contribution in [-0.4, -0.2) is 47.7 Å². The molecule has 4 nitrogen and oxygen atoms in total. The predicted molar refractivity (Wildman–Crippen MR) is 61.7 cm³/mol. The molecular formula is C11H24N2O2. The molecular weight excluding hydrogens is 192 g/mol. The SMILES string of the molecule is CCC(C)NCC(=O)N(CCO)C(C)C. The second-order valence-electron chi connectivity index (χ2n) is 4.09. The van der Waals surface area contributed by atoms with E-state index in [9.17, 15) is 4.79 Å². The van der Waals surface area contributed by atoms with Gasteiger partial charge in [0.2, 0.25) is 5.91 Å². The molecule has 15 heavy (non-hydrogen) atoms. The Kier molecular flexibility index (Phi) is 7.34. The maximum Gasteiger partial charge on any atom is 0.236 e. The number of aliphatic hydroxyl groups excluding tert-OH is 1. The molecule has 0 aliphatic carbocycles. The van der Waals surface area contributed by atoms with E-state index in [2.05, 4.69) is 19.2 Å². The smallest absolute Gasteiger partial charge is 0.236 e. The molecule has 90 valence electrons. The number of hydrogen-bond donors (Lipinski definition) is 2. The van der Waals surface area contributed by atoms with Gasteiger partial charge >= 0.3 is 0 Å². The molecule has 0 rings (SSSR count). The summed E-state index contributed by atoms with van der Waals surface area (Å²) in [4.78, 5) is 13.4. The first-order valence-electron chi connectivity index (χ1n) is 5.66. The van der Waals surface area contributed by atoms with Crippen LogP contribution in [0, 0.1) is 0 Å². The predicted octanol–water partition coefficient (Wildman–Crippen LogP) is 0.604. The fraction of sp³-hybridized carbons (Fsp3) is 0.909. The summed E-state index contributed by atoms with van der Waals surface area (Å²) in [6.07, 6.45) is 1.01. The Morgan fingerprint density at radius 1 is 1.40 bits per heavy atom. The Labute approximate surface area is 92.7 Å². The van der Waals surface area contributed by atoms with Crippen LogP contribution in [0.3, 0.4) is 0 Å². The highest BCUT2D eigenvalue weighted by Gasteiger charge is 2.16. The number of nitrogens with zero attached hydrogens (tertiary/aromatic N) is 1. The molecule has 0 aromatic rings. The molecule has 0 heterocycles. The lowest BCUT2D eigenvalue weighted by Gasteiger charge is -2.26. The number of carbonyl (C=O) groups excluding carboxylic acids is 1. The molecule has 1 atom stereocenters. The van der Waals surface area contributed by atoms with E-state index in [-0.39, 0.29) is 18.6 Å². The highest BCUT2D eigenvalue weighted by molar-refractivity contribution is 5.78. The van der Waals surface area contributed by atoms with Gasteiger partial charge in [-0.15, -0.1) is 0 Å². The molecule has 0 radical (unpaired) electrons. The van der Waals surface area contributed by atoms with Crippen molar-refractivity contribution < 1.29 is 9.90 Å². The van der Waals surface area contributed by atoms with E-state index in [1.165, 1.54) is 0 Å². The topological polar surface area (TPSA) is 52.6 Å². The summed E-state index contributed by atoms with van der Waals surface area (Å²) in [6, 6.07) is 0.500. The highest BCUT2D eigenvalue weighted by atomic mass is 16.3. The Morgan fingerprint density at radius 2 is 2.00 bits per heavy atom. The van der Waals surface area contributed by atoms with Crippen molar-refractivity contribution in [2.75, 3.05) is 19.7 Å². The van der Waals surface area contributed by atoms with Gasteiger partial charge in [0.05, 0.1) is 13.2 Å². The van der Waals surface area contributed by atoms with Crippen LogP contribution in [0.2, 0.25) is 0 Å². The van der Waals surface area contributed by atoms with Crippen molar-refractivity contribution in [3.63, 3.8) is 0 Å². The summed E-state index contributed by atoms with van der Waals surface area (Å²) in [5.41, 5.74) is 0. The summed E-state index contributed by atoms with van der Waals surface area (Å²) in [5, 5.41) is 12.0. The monoisotopic (exact) mass is 216 g/mol. The fourth-order valence-corrected chi connectivity index (χ4v) is 1.29. The van der Waals surface area contributed by atoms with Gasteiger partial charge in [-0.3, -0.25) is 4.79 Å². The normalized spacial score (nSPS) is 12.9. The van der Waals surface area contributed by atoms with Gasteiger partial charge in [-0.05, 0) is 27.2 Å². The second-order valence-corrected chi connectivity index (χ2v) is 4.09. The van der Waals surface area contributed by atoms with Gasteiger partial charge in [-0.1, -0.05) is 6.92 Å². The lowest BCUT2D eigenvalue weighted by molar-refractivity contribution is -0.132. The Balaban J connectivity index is 4.03. The van der Waals surface area contributed by atoms with Crippen molar-refractivity contribution in [2.45, 2.75) is 46.2 Å². The Morgan fingerprint density at radius 3 is 2.40 bits per heavy atom. The number of rotatable bonds is 7. The maximum atomic E-state index is 11.7. The van der Waals surface area contributed by atoms with Crippen molar-refractivity contribution >= 4 is 5.91 Å². The quantitative estimate of drug-likeness (QED) is 0.655. The molecule has 0 saturated heterocycles. The number of nitrogens with one attached hydrogen (secondary N) is 1. The zero-order valence-corrected chi connectivity index (χ0v) is 10.3. The molecule has 4 heteroatoms. The van der Waals surface area contributed by atoms with Crippen LogP contribution in [0.15, 0.2) is 0 Å². The van der Waals surface area contributed by atoms with Crippen LogP contribution in [0.4, 0.5) is 0 Å². The number of amides is 1. The van der Waals surface area contributed by atoms with Crippen LogP contribution >= 0.6 is 0 Å². The summed E-state index contributed by atoms with van der Waals surface area (Å²) >= 11 is 0. The minimum absolute atomic E-state index is 0.0211. The van der Waals surface area contributed by atoms with Crippen molar-refractivity contribution in [3.8, 4) is 0 Å². The van der Waals surface area contributed by atoms with Gasteiger partial charge in [0.1, 0.15) is 0 Å². The van der Waals surface area contributed by atoms with Crippen LogP contribution in [0.5, 0.6) is 0 Å². The molecule has 1 unspecified atom stereocenters. The molecule has 0 fully saturated rings. The first kappa shape index (κ1) is 14.4. The van der Waals surface area contributed by atoms with E-state index in [4.69, 9.17) is 5.11 Å². The van der Waals surface area contributed by atoms with Gasteiger partial charge in [-0.2, -0.15) is 0 Å². The molecule has 2 N–H and O–H groups in total. The highest BCUT2D eigenvalue weighted by Crippen LogP contribution is 1.98. The molecule has 0 aromatic heterocycles. The number of carbonyl (C=O) groups is 1. The van der Waals surface area contributed by atoms with E-state index in [1.807, 2.05) is 13.8 Å². The molecule has 0 aromatic carbocycles. The van der Waals surface area contributed by atoms with E-state index in [0.29, 0.717) is 19.1 Å². The molecule has 0 aliphatic heterocycles. The van der Waals surface area contributed by atoms with Crippen molar-refractivity contribution in [1.29, 1.82) is 0 Å². The van der Waals surface area contributed by atoms with Crippen LogP contribution in [-0.2, 0) is 4.79 Å². The third-order valence-electron chi connectivity index (χ3n) is 2.50. The molecule has 1 amide bonds. The van der Waals surface area contributed by atoms with E-state index in [0.717, 1.165) is 6.42 Å². The first-order valence-corrected chi connectivity index (χ1v) is 5.66. The minimum Gasteiger partial charge on any atom is -0.395 e. The van der Waals surface area contributed by atoms with Gasteiger partial charge in [-0.25, -0.2) is 0 Å². The van der Waals surface area contributed by atoms with Gasteiger partial charge in [0.25, 0.3) is 0 Å². The lowest BCUT2D eigenvalue weighted by Crippen LogP contribution is -2.45. The summed E-state index contributed by atoms with van der Waals surface area (Å²) < 4.78 is 0. The standard InChI is InChI=1S/C11H24N2O2/c1-5-10(4)12-8-11(15)13(6-7-14)9(2)3/h9-10,12,14H,5-8H2,1-4H3. The third-order valence-corrected chi connectivity index (χ3v) is 2.50. The van der Waals surface area contributed by atoms with E-state index >= 15 is 0 Å². The van der Waals surface area contributed by atoms with Crippen LogP contribution < -0.4 is 5.32 Å². The van der Waals surface area contributed by atoms with Gasteiger partial charge in [0, 0.05) is 18.6 Å². The largest absolute Gasteiger partial charge is 0.395 e. The van der Waals surface area contributed by atoms with Crippen molar-refractivity contribution in [2.24, 2.45) is 0 Å². The second kappa shape index (κ2) is 7.65. The Bertz CT molecular complexity index is 183. The Hall–Kier alpha value is -0.610. The molecule has 0 aliphatic rings. The number of hydrogen-bond acceptors (Lipinski definition) is 3. The summed E-state index contributed by atoms with van der Waals surface area (Å²) in [5.74, 6) is 0.0550. The van der Waals surface area contributed by atoms with Gasteiger partial charge in [0.15, 0.2) is 0 Å². The van der Waals surface area contributed by atoms with E-state index < -0.39 is 0 Å². The minimum atomic E-state index is 0.0211. The summed E-state index contributed by atoms with van der Waals surface area (Å²) in [7, 11) is 0. The zero-order valence-electron chi connectivity index (χ0n) is 10.3. The van der Waals surface area contributed by atoms with Gasteiger partial charge < -0.3 is 15.3 Å². The summed E-state index contributed by atoms with van der Waals surface area (Å²) in [6.45, 7) is 8.84. The zero-order chi connectivity index (χ0) is 11.8. The van der Waals surface area contributed by atoms with Crippen LogP contribution in [0.25, 0.3) is 0 Å². The lowest BCUT2D eigenvalue weighted by atomic mass is 10.2. The van der Waals surface area contributed by atoms with Crippen molar-refractivity contribution in [1.82, 2.24) is 10.2 Å². The first-order chi connectivity index (χ1) is 7.02. The molecule has 0 saturated carbocycles. The average molecular weight is 216 g/mol. The molecule has 0 spiro atoms. The van der Waals surface area contributed by atoms with E-state index in [1.54, 1.807) is 4.90 Å².